The first-order valence-electron chi connectivity index (χ1n) is 7.62. The minimum Gasteiger partial charge on any atom is -0.486 e. The predicted molar refractivity (Wildman–Crippen MR) is 87.2 cm³/mol. The smallest absolute Gasteiger partial charge is 0.257 e. The van der Waals surface area contributed by atoms with Crippen LogP contribution in [-0.4, -0.2) is 50.7 Å². The summed E-state index contributed by atoms with van der Waals surface area (Å²) in [4.78, 5) is 14.6. The van der Waals surface area contributed by atoms with E-state index in [9.17, 15) is 4.79 Å². The Kier molecular flexibility index (Phi) is 5.91. The average molecular weight is 327 g/mol. The van der Waals surface area contributed by atoms with Gasteiger partial charge in [-0.15, -0.1) is 12.4 Å². The van der Waals surface area contributed by atoms with E-state index < -0.39 is 0 Å². The van der Waals surface area contributed by atoms with E-state index in [0.717, 1.165) is 32.5 Å². The van der Waals surface area contributed by atoms with E-state index in [4.69, 9.17) is 9.47 Å². The Morgan fingerprint density at radius 3 is 2.73 bits per heavy atom. The fourth-order valence-corrected chi connectivity index (χ4v) is 3.04. The lowest BCUT2D eigenvalue weighted by molar-refractivity contribution is 0.0681. The van der Waals surface area contributed by atoms with Crippen molar-refractivity contribution in [1.29, 1.82) is 0 Å². The first-order valence-corrected chi connectivity index (χ1v) is 7.62. The molecule has 0 atom stereocenters. The van der Waals surface area contributed by atoms with Crippen LogP contribution >= 0.6 is 12.4 Å². The van der Waals surface area contributed by atoms with Crippen LogP contribution in [0.3, 0.4) is 0 Å². The molecule has 1 saturated heterocycles. The maximum absolute atomic E-state index is 12.7. The number of para-hydroxylation sites is 1. The van der Waals surface area contributed by atoms with E-state index >= 15 is 0 Å². The largest absolute Gasteiger partial charge is 0.486 e. The Morgan fingerprint density at radius 2 is 2.00 bits per heavy atom. The average Bonchev–Trinajstić information content (AvgIpc) is 2.55. The highest BCUT2D eigenvalue weighted by Crippen LogP contribution is 2.34. The third kappa shape index (κ3) is 3.47. The standard InChI is InChI=1S/C16H22N2O3.ClH/c1-17-11-12-5-7-18(8-6-12)16(19)13-3-2-4-14-15(13)21-10-9-20-14;/h2-4,12,17H,5-11H2,1H3;1H. The molecule has 2 heterocycles. The molecule has 5 nitrogen and oxygen atoms in total. The molecule has 0 saturated carbocycles. The van der Waals surface area contributed by atoms with Gasteiger partial charge in [-0.3, -0.25) is 4.79 Å². The SMILES string of the molecule is CNCC1CCN(C(=O)c2cccc3c2OCCO3)CC1.Cl. The van der Waals surface area contributed by atoms with Crippen molar-refractivity contribution >= 4 is 18.3 Å². The second-order valence-corrected chi connectivity index (χ2v) is 5.62. The van der Waals surface area contributed by atoms with E-state index in [1.54, 1.807) is 0 Å². The van der Waals surface area contributed by atoms with Crippen LogP contribution < -0.4 is 14.8 Å². The van der Waals surface area contributed by atoms with Gasteiger partial charge in [0.1, 0.15) is 13.2 Å². The zero-order valence-electron chi connectivity index (χ0n) is 12.8. The van der Waals surface area contributed by atoms with Gasteiger partial charge in [0.15, 0.2) is 11.5 Å². The van der Waals surface area contributed by atoms with Crippen molar-refractivity contribution in [3.05, 3.63) is 23.8 Å². The number of piperidine rings is 1. The van der Waals surface area contributed by atoms with Crippen molar-refractivity contribution in [2.24, 2.45) is 5.92 Å². The number of halogens is 1. The van der Waals surface area contributed by atoms with Gasteiger partial charge in [-0.1, -0.05) is 6.07 Å². The molecule has 1 fully saturated rings. The highest BCUT2D eigenvalue weighted by Gasteiger charge is 2.27. The summed E-state index contributed by atoms with van der Waals surface area (Å²) in [5.41, 5.74) is 0.624. The van der Waals surface area contributed by atoms with Gasteiger partial charge in [-0.2, -0.15) is 0 Å². The molecule has 1 amide bonds. The van der Waals surface area contributed by atoms with Crippen molar-refractivity contribution in [1.82, 2.24) is 10.2 Å². The van der Waals surface area contributed by atoms with Crippen LogP contribution in [-0.2, 0) is 0 Å². The summed E-state index contributed by atoms with van der Waals surface area (Å²) >= 11 is 0. The number of carbonyl (C=O) groups excluding carboxylic acids is 1. The van der Waals surface area contributed by atoms with Crippen LogP contribution in [0.1, 0.15) is 23.2 Å². The monoisotopic (exact) mass is 326 g/mol. The highest BCUT2D eigenvalue weighted by atomic mass is 35.5. The molecule has 0 spiro atoms. The zero-order chi connectivity index (χ0) is 14.7. The molecule has 3 rings (SSSR count). The van der Waals surface area contributed by atoms with Crippen LogP contribution in [0.2, 0.25) is 0 Å². The van der Waals surface area contributed by atoms with Gasteiger partial charge >= 0.3 is 0 Å². The minimum absolute atomic E-state index is 0. The van der Waals surface area contributed by atoms with Crippen LogP contribution in [0.25, 0.3) is 0 Å². The fourth-order valence-electron chi connectivity index (χ4n) is 3.04. The second-order valence-electron chi connectivity index (χ2n) is 5.62. The first-order chi connectivity index (χ1) is 10.3. The van der Waals surface area contributed by atoms with Crippen molar-refractivity contribution in [2.45, 2.75) is 12.8 Å². The summed E-state index contributed by atoms with van der Waals surface area (Å²) in [7, 11) is 1.98. The number of nitrogens with zero attached hydrogens (tertiary/aromatic N) is 1. The number of hydrogen-bond donors (Lipinski definition) is 1. The molecule has 2 aliphatic rings. The van der Waals surface area contributed by atoms with E-state index in [-0.39, 0.29) is 18.3 Å². The molecule has 6 heteroatoms. The number of hydrogen-bond acceptors (Lipinski definition) is 4. The van der Waals surface area contributed by atoms with Crippen LogP contribution in [0.15, 0.2) is 18.2 Å². The van der Waals surface area contributed by atoms with Crippen molar-refractivity contribution in [3.63, 3.8) is 0 Å². The second kappa shape index (κ2) is 7.70. The maximum atomic E-state index is 12.7. The number of fused-ring (bicyclic) bond motifs is 1. The lowest BCUT2D eigenvalue weighted by Crippen LogP contribution is -2.40. The summed E-state index contributed by atoms with van der Waals surface area (Å²) in [6.45, 7) is 3.70. The van der Waals surface area contributed by atoms with E-state index in [2.05, 4.69) is 5.32 Å². The molecule has 1 aromatic carbocycles. The molecule has 2 aliphatic heterocycles. The summed E-state index contributed by atoms with van der Waals surface area (Å²) < 4.78 is 11.2. The topological polar surface area (TPSA) is 50.8 Å². The number of rotatable bonds is 3. The number of nitrogens with one attached hydrogen (secondary N) is 1. The molecular weight excluding hydrogens is 304 g/mol. The summed E-state index contributed by atoms with van der Waals surface area (Å²) in [5.74, 6) is 2.01. The van der Waals surface area contributed by atoms with Gasteiger partial charge in [0.25, 0.3) is 5.91 Å². The van der Waals surface area contributed by atoms with Gasteiger partial charge in [0.2, 0.25) is 0 Å². The fraction of sp³-hybridized carbons (Fsp3) is 0.562. The number of benzene rings is 1. The van der Waals surface area contributed by atoms with Gasteiger partial charge in [-0.05, 0) is 44.5 Å². The number of likely N-dealkylation sites (tertiary alicyclic amines) is 1. The van der Waals surface area contributed by atoms with Gasteiger partial charge in [-0.25, -0.2) is 0 Å². The van der Waals surface area contributed by atoms with Crippen LogP contribution in [0.5, 0.6) is 11.5 Å². The quantitative estimate of drug-likeness (QED) is 0.922. The van der Waals surface area contributed by atoms with E-state index in [1.807, 2.05) is 30.1 Å². The molecule has 22 heavy (non-hydrogen) atoms. The molecular formula is C16H23ClN2O3. The van der Waals surface area contributed by atoms with Crippen molar-refractivity contribution in [3.8, 4) is 11.5 Å². The molecule has 0 aromatic heterocycles. The summed E-state index contributed by atoms with van der Waals surface area (Å²) in [6, 6.07) is 5.54. The predicted octanol–water partition coefficient (Wildman–Crippen LogP) is 1.95. The van der Waals surface area contributed by atoms with E-state index in [0.29, 0.717) is 36.2 Å². The third-order valence-corrected chi connectivity index (χ3v) is 4.19. The normalized spacial score (nSPS) is 17.8. The first kappa shape index (κ1) is 16.9. The Labute approximate surface area is 137 Å². The van der Waals surface area contributed by atoms with Gasteiger partial charge in [0, 0.05) is 13.1 Å². The molecule has 0 unspecified atom stereocenters. The number of carbonyl (C=O) groups is 1. The lowest BCUT2D eigenvalue weighted by Gasteiger charge is -2.32. The Bertz CT molecular complexity index is 516. The molecule has 0 bridgehead atoms. The molecule has 0 aliphatic carbocycles. The maximum Gasteiger partial charge on any atom is 0.257 e. The van der Waals surface area contributed by atoms with E-state index in [1.165, 1.54) is 0 Å². The van der Waals surface area contributed by atoms with Crippen molar-refractivity contribution < 1.29 is 14.3 Å². The van der Waals surface area contributed by atoms with Crippen LogP contribution in [0, 0.1) is 5.92 Å². The Morgan fingerprint density at radius 1 is 1.27 bits per heavy atom. The van der Waals surface area contributed by atoms with Crippen molar-refractivity contribution in [2.75, 3.05) is 39.9 Å². The Balaban J connectivity index is 0.00000176. The highest BCUT2D eigenvalue weighted by molar-refractivity contribution is 5.98. The third-order valence-electron chi connectivity index (χ3n) is 4.19. The Hall–Kier alpha value is -1.46. The molecule has 1 N–H and O–H groups in total. The number of ether oxygens (including phenoxy) is 2. The molecule has 122 valence electrons. The number of amides is 1. The summed E-state index contributed by atoms with van der Waals surface area (Å²) in [6.07, 6.45) is 2.11. The minimum atomic E-state index is 0. The van der Waals surface area contributed by atoms with Gasteiger partial charge < -0.3 is 19.7 Å². The zero-order valence-corrected chi connectivity index (χ0v) is 13.7. The van der Waals surface area contributed by atoms with Gasteiger partial charge in [0.05, 0.1) is 5.56 Å². The molecule has 1 aromatic rings. The lowest BCUT2D eigenvalue weighted by atomic mass is 9.96. The molecule has 0 radical (unpaired) electrons. The van der Waals surface area contributed by atoms with Crippen LogP contribution in [0.4, 0.5) is 0 Å². The summed E-state index contributed by atoms with van der Waals surface area (Å²) in [5, 5.41) is 3.21.